The molecule has 2 rings (SSSR count). The van der Waals surface area contributed by atoms with Crippen LogP contribution in [0.15, 0.2) is 24.4 Å². The summed E-state index contributed by atoms with van der Waals surface area (Å²) in [6.07, 6.45) is 6.61. The van der Waals surface area contributed by atoms with Crippen molar-refractivity contribution in [2.75, 3.05) is 6.54 Å². The molecule has 1 saturated carbocycles. The third-order valence-corrected chi connectivity index (χ3v) is 3.98. The lowest BCUT2D eigenvalue weighted by atomic mass is 9.74. The molecule has 0 aromatic carbocycles. The van der Waals surface area contributed by atoms with Gasteiger partial charge in [-0.3, -0.25) is 9.78 Å². The molecule has 4 nitrogen and oxygen atoms in total. The molecule has 0 bridgehead atoms. The van der Waals surface area contributed by atoms with E-state index in [1.165, 1.54) is 0 Å². The Morgan fingerprint density at radius 2 is 2.37 bits per heavy atom. The first-order valence-corrected chi connectivity index (χ1v) is 7.06. The third-order valence-electron chi connectivity index (χ3n) is 3.98. The van der Waals surface area contributed by atoms with Crippen molar-refractivity contribution in [2.24, 2.45) is 11.7 Å². The summed E-state index contributed by atoms with van der Waals surface area (Å²) in [6, 6.07) is 5.83. The Kier molecular flexibility index (Phi) is 4.53. The fourth-order valence-corrected chi connectivity index (χ4v) is 2.77. The fourth-order valence-electron chi connectivity index (χ4n) is 2.77. The van der Waals surface area contributed by atoms with Gasteiger partial charge >= 0.3 is 0 Å². The molecule has 0 aliphatic heterocycles. The number of nitrogens with one attached hydrogen (secondary N) is 1. The van der Waals surface area contributed by atoms with Gasteiger partial charge in [0, 0.05) is 30.4 Å². The van der Waals surface area contributed by atoms with Gasteiger partial charge in [-0.15, -0.1) is 0 Å². The van der Waals surface area contributed by atoms with Crippen molar-refractivity contribution in [3.8, 4) is 0 Å². The van der Waals surface area contributed by atoms with E-state index in [9.17, 15) is 4.79 Å². The summed E-state index contributed by atoms with van der Waals surface area (Å²) >= 11 is 0. The Labute approximate surface area is 114 Å². The highest BCUT2D eigenvalue weighted by Gasteiger charge is 2.37. The number of pyridine rings is 1. The summed E-state index contributed by atoms with van der Waals surface area (Å²) in [5, 5.41) is 3.00. The average Bonchev–Trinajstić information content (AvgIpc) is 2.39. The van der Waals surface area contributed by atoms with E-state index >= 15 is 0 Å². The van der Waals surface area contributed by atoms with Crippen LogP contribution in [0.5, 0.6) is 0 Å². The van der Waals surface area contributed by atoms with Gasteiger partial charge in [-0.05, 0) is 31.9 Å². The van der Waals surface area contributed by atoms with Gasteiger partial charge in [0.05, 0.1) is 5.92 Å². The van der Waals surface area contributed by atoms with Crippen LogP contribution in [0.25, 0.3) is 0 Å². The van der Waals surface area contributed by atoms with Crippen molar-refractivity contribution in [3.63, 3.8) is 0 Å². The molecule has 3 N–H and O–H groups in total. The first-order chi connectivity index (χ1) is 9.09. The first kappa shape index (κ1) is 14.0. The maximum Gasteiger partial charge on any atom is 0.224 e. The predicted octanol–water partition coefficient (Wildman–Crippen LogP) is 1.65. The molecule has 1 heterocycles. The van der Waals surface area contributed by atoms with Gasteiger partial charge in [0.15, 0.2) is 0 Å². The highest BCUT2D eigenvalue weighted by Crippen LogP contribution is 2.31. The van der Waals surface area contributed by atoms with E-state index in [4.69, 9.17) is 5.73 Å². The van der Waals surface area contributed by atoms with E-state index in [2.05, 4.69) is 10.3 Å². The van der Waals surface area contributed by atoms with E-state index in [1.54, 1.807) is 6.20 Å². The Hall–Kier alpha value is -1.42. The maximum absolute atomic E-state index is 12.2. The number of amides is 1. The molecule has 0 saturated heterocycles. The average molecular weight is 261 g/mol. The summed E-state index contributed by atoms with van der Waals surface area (Å²) in [4.78, 5) is 16.4. The Bertz CT molecular complexity index is 417. The molecule has 0 radical (unpaired) electrons. The molecular formula is C15H23N3O. The van der Waals surface area contributed by atoms with Crippen LogP contribution in [0, 0.1) is 5.92 Å². The number of carbonyl (C=O) groups excluding carboxylic acids is 1. The number of hydrogen-bond donors (Lipinski definition) is 2. The molecule has 1 aliphatic carbocycles. The Morgan fingerprint density at radius 3 is 3.05 bits per heavy atom. The SMILES string of the molecule is CC1(N)CCCCC1C(=O)NCCc1ccccn1. The molecular weight excluding hydrogens is 238 g/mol. The number of nitrogens with two attached hydrogens (primary N) is 1. The van der Waals surface area contributed by atoms with E-state index < -0.39 is 0 Å². The molecule has 1 aromatic heterocycles. The van der Waals surface area contributed by atoms with E-state index in [0.717, 1.165) is 37.8 Å². The highest BCUT2D eigenvalue weighted by molar-refractivity contribution is 5.80. The lowest BCUT2D eigenvalue weighted by Gasteiger charge is -2.37. The van der Waals surface area contributed by atoms with Gasteiger partial charge in [0.25, 0.3) is 0 Å². The van der Waals surface area contributed by atoms with Crippen molar-refractivity contribution in [3.05, 3.63) is 30.1 Å². The van der Waals surface area contributed by atoms with Gasteiger partial charge in [0.1, 0.15) is 0 Å². The molecule has 1 fully saturated rings. The standard InChI is InChI=1S/C15H23N3O/c1-15(16)9-4-2-7-13(15)14(19)18-11-8-12-6-3-5-10-17-12/h3,5-6,10,13H,2,4,7-9,11,16H2,1H3,(H,18,19). The van der Waals surface area contributed by atoms with Gasteiger partial charge in [-0.2, -0.15) is 0 Å². The largest absolute Gasteiger partial charge is 0.355 e. The smallest absolute Gasteiger partial charge is 0.224 e. The number of rotatable bonds is 4. The molecule has 19 heavy (non-hydrogen) atoms. The molecule has 1 aromatic rings. The second-order valence-corrected chi connectivity index (χ2v) is 5.67. The zero-order chi connectivity index (χ0) is 13.7. The Balaban J connectivity index is 1.81. The summed E-state index contributed by atoms with van der Waals surface area (Å²) in [7, 11) is 0. The third kappa shape index (κ3) is 3.77. The van der Waals surface area contributed by atoms with Crippen LogP contribution in [0.3, 0.4) is 0 Å². The van der Waals surface area contributed by atoms with Crippen LogP contribution in [0.2, 0.25) is 0 Å². The van der Waals surface area contributed by atoms with Crippen LogP contribution < -0.4 is 11.1 Å². The van der Waals surface area contributed by atoms with Crippen molar-refractivity contribution in [1.29, 1.82) is 0 Å². The summed E-state index contributed by atoms with van der Waals surface area (Å²) < 4.78 is 0. The molecule has 1 aliphatic rings. The minimum atomic E-state index is -0.354. The first-order valence-electron chi connectivity index (χ1n) is 7.06. The number of hydrogen-bond acceptors (Lipinski definition) is 3. The monoisotopic (exact) mass is 261 g/mol. The van der Waals surface area contributed by atoms with Crippen LogP contribution in [-0.4, -0.2) is 23.0 Å². The van der Waals surface area contributed by atoms with Crippen LogP contribution >= 0.6 is 0 Å². The molecule has 1 amide bonds. The second kappa shape index (κ2) is 6.15. The molecule has 4 heteroatoms. The quantitative estimate of drug-likeness (QED) is 0.866. The van der Waals surface area contributed by atoms with Gasteiger partial charge in [0.2, 0.25) is 5.91 Å². The maximum atomic E-state index is 12.2. The predicted molar refractivity (Wildman–Crippen MR) is 75.5 cm³/mol. The van der Waals surface area contributed by atoms with Crippen LogP contribution in [-0.2, 0) is 11.2 Å². The zero-order valence-corrected chi connectivity index (χ0v) is 11.6. The lowest BCUT2D eigenvalue weighted by molar-refractivity contribution is -0.128. The number of nitrogens with zero attached hydrogens (tertiary/aromatic N) is 1. The molecule has 2 atom stereocenters. The number of carbonyl (C=O) groups is 1. The van der Waals surface area contributed by atoms with Crippen molar-refractivity contribution < 1.29 is 4.79 Å². The Morgan fingerprint density at radius 1 is 1.53 bits per heavy atom. The lowest BCUT2D eigenvalue weighted by Crippen LogP contribution is -2.53. The van der Waals surface area contributed by atoms with Crippen LogP contribution in [0.4, 0.5) is 0 Å². The summed E-state index contributed by atoms with van der Waals surface area (Å²) in [5.41, 5.74) is 6.88. The normalized spacial score (nSPS) is 26.9. The topological polar surface area (TPSA) is 68.0 Å². The van der Waals surface area contributed by atoms with Crippen molar-refractivity contribution in [2.45, 2.75) is 44.6 Å². The zero-order valence-electron chi connectivity index (χ0n) is 11.6. The molecule has 2 unspecified atom stereocenters. The summed E-state index contributed by atoms with van der Waals surface area (Å²) in [5.74, 6) is 0.0469. The molecule has 0 spiro atoms. The van der Waals surface area contributed by atoms with Gasteiger partial charge < -0.3 is 11.1 Å². The highest BCUT2D eigenvalue weighted by atomic mass is 16.1. The number of aromatic nitrogens is 1. The van der Waals surface area contributed by atoms with E-state index in [-0.39, 0.29) is 17.4 Å². The van der Waals surface area contributed by atoms with Crippen LogP contribution in [0.1, 0.15) is 38.3 Å². The van der Waals surface area contributed by atoms with E-state index in [1.807, 2.05) is 25.1 Å². The van der Waals surface area contributed by atoms with Crippen molar-refractivity contribution >= 4 is 5.91 Å². The second-order valence-electron chi connectivity index (χ2n) is 5.67. The van der Waals surface area contributed by atoms with Gasteiger partial charge in [-0.25, -0.2) is 0 Å². The van der Waals surface area contributed by atoms with E-state index in [0.29, 0.717) is 6.54 Å². The molecule has 104 valence electrons. The summed E-state index contributed by atoms with van der Waals surface area (Å²) in [6.45, 7) is 2.62. The van der Waals surface area contributed by atoms with Crippen molar-refractivity contribution in [1.82, 2.24) is 10.3 Å². The minimum Gasteiger partial charge on any atom is -0.355 e. The minimum absolute atomic E-state index is 0.0509. The van der Waals surface area contributed by atoms with Gasteiger partial charge in [-0.1, -0.05) is 18.9 Å². The fraction of sp³-hybridized carbons (Fsp3) is 0.600.